The molecule has 2 aliphatic heterocycles. The lowest BCUT2D eigenvalue weighted by Crippen LogP contribution is -2.42. The van der Waals surface area contributed by atoms with E-state index in [-0.39, 0.29) is 0 Å². The van der Waals surface area contributed by atoms with Crippen LogP contribution >= 0.6 is 11.8 Å². The van der Waals surface area contributed by atoms with Crippen LogP contribution in [-0.2, 0) is 5.75 Å². The van der Waals surface area contributed by atoms with E-state index < -0.39 is 0 Å². The average molecular weight is 296 g/mol. The standard InChI is InChI=1S/C14H24N4OS/c1-2-20-10-13-16-14(19-17-13)12-4-3-9-18(12)11-5-7-15-8-6-11/h11-12,15H,2-10H2,1H3. The van der Waals surface area contributed by atoms with Crippen LogP contribution in [0.1, 0.15) is 50.4 Å². The summed E-state index contributed by atoms with van der Waals surface area (Å²) in [5.74, 6) is 3.64. The molecule has 3 rings (SSSR count). The topological polar surface area (TPSA) is 54.2 Å². The smallest absolute Gasteiger partial charge is 0.244 e. The summed E-state index contributed by atoms with van der Waals surface area (Å²) in [5, 5.41) is 7.57. The molecule has 20 heavy (non-hydrogen) atoms. The van der Waals surface area contributed by atoms with E-state index in [1.54, 1.807) is 0 Å². The van der Waals surface area contributed by atoms with E-state index in [1.165, 1.54) is 25.8 Å². The first-order valence-electron chi connectivity index (χ1n) is 7.75. The van der Waals surface area contributed by atoms with Gasteiger partial charge in [0.25, 0.3) is 0 Å². The molecule has 3 heterocycles. The largest absolute Gasteiger partial charge is 0.338 e. The fourth-order valence-electron chi connectivity index (χ4n) is 3.28. The molecule has 6 heteroatoms. The van der Waals surface area contributed by atoms with Gasteiger partial charge in [-0.05, 0) is 51.1 Å². The predicted octanol–water partition coefficient (Wildman–Crippen LogP) is 2.21. The highest BCUT2D eigenvalue weighted by Gasteiger charge is 2.35. The van der Waals surface area contributed by atoms with Crippen LogP contribution < -0.4 is 5.32 Å². The van der Waals surface area contributed by atoms with Crippen molar-refractivity contribution in [2.45, 2.75) is 50.4 Å². The summed E-state index contributed by atoms with van der Waals surface area (Å²) in [4.78, 5) is 7.22. The molecule has 0 aromatic carbocycles. The Bertz CT molecular complexity index is 419. The van der Waals surface area contributed by atoms with E-state index in [9.17, 15) is 0 Å². The molecule has 1 unspecified atom stereocenters. The van der Waals surface area contributed by atoms with Gasteiger partial charge in [0.15, 0.2) is 5.82 Å². The Morgan fingerprint density at radius 1 is 1.35 bits per heavy atom. The van der Waals surface area contributed by atoms with Crippen LogP contribution in [0.25, 0.3) is 0 Å². The third-order valence-corrected chi connectivity index (χ3v) is 5.15. The predicted molar refractivity (Wildman–Crippen MR) is 80.7 cm³/mol. The van der Waals surface area contributed by atoms with Crippen molar-refractivity contribution in [1.29, 1.82) is 0 Å². The minimum absolute atomic E-state index is 0.353. The van der Waals surface area contributed by atoms with Crippen LogP contribution in [0, 0.1) is 0 Å². The Kier molecular flexibility index (Phi) is 4.96. The fraction of sp³-hybridized carbons (Fsp3) is 0.857. The van der Waals surface area contributed by atoms with Crippen LogP contribution in [-0.4, -0.2) is 46.5 Å². The zero-order valence-corrected chi connectivity index (χ0v) is 13.0. The number of hydrogen-bond acceptors (Lipinski definition) is 6. The first-order valence-corrected chi connectivity index (χ1v) is 8.90. The Balaban J connectivity index is 1.66. The van der Waals surface area contributed by atoms with Crippen LogP contribution in [0.5, 0.6) is 0 Å². The molecule has 0 bridgehead atoms. The van der Waals surface area contributed by atoms with Gasteiger partial charge in [0.05, 0.1) is 11.8 Å². The lowest BCUT2D eigenvalue weighted by molar-refractivity contribution is 0.126. The first kappa shape index (κ1) is 14.4. The maximum atomic E-state index is 5.53. The van der Waals surface area contributed by atoms with Crippen molar-refractivity contribution in [3.05, 3.63) is 11.7 Å². The summed E-state index contributed by atoms with van der Waals surface area (Å²) < 4.78 is 5.53. The number of rotatable bonds is 5. The van der Waals surface area contributed by atoms with Crippen molar-refractivity contribution in [3.63, 3.8) is 0 Å². The molecule has 1 aromatic rings. The second kappa shape index (κ2) is 6.91. The third-order valence-electron chi connectivity index (χ3n) is 4.28. The molecule has 2 fully saturated rings. The number of nitrogens with zero attached hydrogens (tertiary/aromatic N) is 3. The number of aromatic nitrogens is 2. The maximum Gasteiger partial charge on any atom is 0.244 e. The van der Waals surface area contributed by atoms with Crippen LogP contribution in [0.3, 0.4) is 0 Å². The molecule has 2 aliphatic rings. The maximum absolute atomic E-state index is 5.53. The van der Waals surface area contributed by atoms with E-state index in [4.69, 9.17) is 4.52 Å². The van der Waals surface area contributed by atoms with Crippen LogP contribution in [0.15, 0.2) is 4.52 Å². The molecule has 0 amide bonds. The SMILES string of the molecule is CCSCc1noc(C2CCCN2C2CCNCC2)n1. The van der Waals surface area contributed by atoms with Gasteiger partial charge in [-0.2, -0.15) is 16.7 Å². The van der Waals surface area contributed by atoms with Crippen molar-refractivity contribution in [1.82, 2.24) is 20.4 Å². The van der Waals surface area contributed by atoms with E-state index >= 15 is 0 Å². The summed E-state index contributed by atoms with van der Waals surface area (Å²) in [5.41, 5.74) is 0. The Labute approximate surface area is 124 Å². The quantitative estimate of drug-likeness (QED) is 0.899. The average Bonchev–Trinajstić information content (AvgIpc) is 3.14. The molecule has 0 radical (unpaired) electrons. The van der Waals surface area contributed by atoms with Gasteiger partial charge in [-0.25, -0.2) is 0 Å². The molecule has 5 nitrogen and oxygen atoms in total. The number of piperidine rings is 1. The third kappa shape index (κ3) is 3.18. The molecule has 0 saturated carbocycles. The summed E-state index contributed by atoms with van der Waals surface area (Å²) in [7, 11) is 0. The number of nitrogens with one attached hydrogen (secondary N) is 1. The van der Waals surface area contributed by atoms with Crippen LogP contribution in [0.2, 0.25) is 0 Å². The molecule has 112 valence electrons. The summed E-state index contributed by atoms with van der Waals surface area (Å²) in [6.07, 6.45) is 4.88. The fourth-order valence-corrected chi connectivity index (χ4v) is 3.79. The van der Waals surface area contributed by atoms with Crippen molar-refractivity contribution in [2.24, 2.45) is 0 Å². The van der Waals surface area contributed by atoms with Crippen molar-refractivity contribution in [3.8, 4) is 0 Å². The van der Waals surface area contributed by atoms with Crippen molar-refractivity contribution in [2.75, 3.05) is 25.4 Å². The Hall–Kier alpha value is -0.590. The number of thioether (sulfide) groups is 1. The second-order valence-electron chi connectivity index (χ2n) is 5.56. The highest BCUT2D eigenvalue weighted by molar-refractivity contribution is 7.98. The second-order valence-corrected chi connectivity index (χ2v) is 6.84. The summed E-state index contributed by atoms with van der Waals surface area (Å²) in [6.45, 7) is 5.60. The summed E-state index contributed by atoms with van der Waals surface area (Å²) >= 11 is 1.84. The van der Waals surface area contributed by atoms with Gasteiger partial charge in [-0.1, -0.05) is 12.1 Å². The van der Waals surface area contributed by atoms with E-state index in [0.717, 1.165) is 42.7 Å². The van der Waals surface area contributed by atoms with Gasteiger partial charge in [0.2, 0.25) is 5.89 Å². The van der Waals surface area contributed by atoms with Gasteiger partial charge in [-0.15, -0.1) is 0 Å². The van der Waals surface area contributed by atoms with Gasteiger partial charge >= 0.3 is 0 Å². The molecule has 2 saturated heterocycles. The van der Waals surface area contributed by atoms with E-state index in [0.29, 0.717) is 12.1 Å². The van der Waals surface area contributed by atoms with E-state index in [2.05, 4.69) is 27.3 Å². The highest BCUT2D eigenvalue weighted by atomic mass is 32.2. The summed E-state index contributed by atoms with van der Waals surface area (Å²) in [6, 6.07) is 1.04. The normalized spacial score (nSPS) is 25.4. The lowest BCUT2D eigenvalue weighted by atomic mass is 10.0. The zero-order chi connectivity index (χ0) is 13.8. The molecule has 1 aromatic heterocycles. The molecular formula is C14H24N4OS. The molecule has 0 spiro atoms. The molecule has 1 N–H and O–H groups in total. The van der Waals surface area contributed by atoms with Gasteiger partial charge < -0.3 is 9.84 Å². The lowest BCUT2D eigenvalue weighted by Gasteiger charge is -2.34. The van der Waals surface area contributed by atoms with Crippen LogP contribution in [0.4, 0.5) is 0 Å². The number of hydrogen-bond donors (Lipinski definition) is 1. The Morgan fingerprint density at radius 3 is 3.00 bits per heavy atom. The highest BCUT2D eigenvalue weighted by Crippen LogP contribution is 2.34. The minimum atomic E-state index is 0.353. The van der Waals surface area contributed by atoms with Crippen molar-refractivity contribution >= 4 is 11.8 Å². The molecule has 0 aliphatic carbocycles. The zero-order valence-electron chi connectivity index (χ0n) is 12.2. The Morgan fingerprint density at radius 2 is 2.20 bits per heavy atom. The van der Waals surface area contributed by atoms with Crippen molar-refractivity contribution < 1.29 is 4.52 Å². The number of likely N-dealkylation sites (tertiary alicyclic amines) is 1. The van der Waals surface area contributed by atoms with Gasteiger partial charge in [0, 0.05) is 6.04 Å². The van der Waals surface area contributed by atoms with Gasteiger partial charge in [0.1, 0.15) is 0 Å². The molecule has 1 atom stereocenters. The molecular weight excluding hydrogens is 272 g/mol. The van der Waals surface area contributed by atoms with E-state index in [1.807, 2.05) is 11.8 Å². The minimum Gasteiger partial charge on any atom is -0.338 e. The van der Waals surface area contributed by atoms with Gasteiger partial charge in [-0.3, -0.25) is 4.90 Å². The first-order chi connectivity index (χ1) is 9.88. The monoisotopic (exact) mass is 296 g/mol.